The second-order valence-electron chi connectivity index (χ2n) is 9.22. The molecule has 0 saturated carbocycles. The molecule has 1 aliphatic rings. The third-order valence-electron chi connectivity index (χ3n) is 6.12. The van der Waals surface area contributed by atoms with E-state index in [2.05, 4.69) is 50.1 Å². The number of morpholine rings is 1. The minimum atomic E-state index is -0.305. The third kappa shape index (κ3) is 4.49. The summed E-state index contributed by atoms with van der Waals surface area (Å²) in [4.78, 5) is 31.4. The number of nitrogens with zero attached hydrogens (tertiary/aromatic N) is 4. The number of benzene rings is 1. The number of aromatic nitrogens is 4. The Hall–Kier alpha value is -3.78. The number of carbonyl (C=O) groups excluding carboxylic acids is 1. The molecule has 34 heavy (non-hydrogen) atoms. The van der Waals surface area contributed by atoms with E-state index in [1.807, 2.05) is 49.6 Å². The number of pyridine rings is 1. The zero-order valence-electron chi connectivity index (χ0n) is 19.6. The Morgan fingerprint density at radius 3 is 2.65 bits per heavy atom. The molecule has 8 heteroatoms. The van der Waals surface area contributed by atoms with Crippen molar-refractivity contribution >= 4 is 22.6 Å². The van der Waals surface area contributed by atoms with Gasteiger partial charge in [-0.05, 0) is 32.4 Å². The maximum Gasteiger partial charge on any atom is 0.289 e. The number of aromatic amines is 1. The molecule has 2 N–H and O–H groups in total. The number of ether oxygens (including phenoxy) is 1. The summed E-state index contributed by atoms with van der Waals surface area (Å²) in [6, 6.07) is 11.8. The molecule has 0 unspecified atom stereocenters. The maximum atomic E-state index is 12.6. The van der Waals surface area contributed by atoms with Crippen LogP contribution < -0.4 is 10.2 Å². The molecular weight excluding hydrogens is 428 g/mol. The number of nitrogens with one attached hydrogen (secondary N) is 2. The Labute approximate surface area is 198 Å². The lowest BCUT2D eigenvalue weighted by molar-refractivity contribution is -0.0277. The van der Waals surface area contributed by atoms with Crippen molar-refractivity contribution in [3.8, 4) is 11.1 Å². The lowest BCUT2D eigenvalue weighted by atomic mass is 10.1. The van der Waals surface area contributed by atoms with Gasteiger partial charge in [0.05, 0.1) is 30.1 Å². The van der Waals surface area contributed by atoms with E-state index in [0.717, 1.165) is 46.5 Å². The summed E-state index contributed by atoms with van der Waals surface area (Å²) < 4.78 is 5.84. The van der Waals surface area contributed by atoms with Crippen LogP contribution in [0.3, 0.4) is 0 Å². The van der Waals surface area contributed by atoms with Gasteiger partial charge >= 0.3 is 0 Å². The smallest absolute Gasteiger partial charge is 0.289 e. The van der Waals surface area contributed by atoms with Crippen molar-refractivity contribution in [3.05, 3.63) is 72.6 Å². The van der Waals surface area contributed by atoms with Crippen LogP contribution in [0.25, 0.3) is 22.2 Å². The van der Waals surface area contributed by atoms with Crippen molar-refractivity contribution in [1.82, 2.24) is 25.3 Å². The highest BCUT2D eigenvalue weighted by Gasteiger charge is 2.27. The average molecular weight is 457 g/mol. The number of fused-ring (bicyclic) bond motifs is 1. The van der Waals surface area contributed by atoms with Crippen molar-refractivity contribution in [1.29, 1.82) is 0 Å². The van der Waals surface area contributed by atoms with E-state index >= 15 is 0 Å². The largest absolute Gasteiger partial charge is 0.372 e. The first-order valence-electron chi connectivity index (χ1n) is 11.4. The Balaban J connectivity index is 1.36. The van der Waals surface area contributed by atoms with E-state index in [1.54, 1.807) is 12.4 Å². The molecule has 4 heterocycles. The van der Waals surface area contributed by atoms with Crippen LogP contribution in [-0.4, -0.2) is 51.1 Å². The van der Waals surface area contributed by atoms with Crippen LogP contribution in [0, 0.1) is 0 Å². The highest BCUT2D eigenvalue weighted by atomic mass is 16.5. The van der Waals surface area contributed by atoms with Gasteiger partial charge in [-0.2, -0.15) is 0 Å². The average Bonchev–Trinajstić information content (AvgIpc) is 3.27. The zero-order chi connectivity index (χ0) is 23.7. The van der Waals surface area contributed by atoms with Crippen molar-refractivity contribution in [2.45, 2.75) is 32.4 Å². The highest BCUT2D eigenvalue weighted by Crippen LogP contribution is 2.31. The van der Waals surface area contributed by atoms with E-state index < -0.39 is 0 Å². The Kier molecular flexibility index (Phi) is 5.75. The van der Waals surface area contributed by atoms with Gasteiger partial charge in [0.2, 0.25) is 5.82 Å². The van der Waals surface area contributed by atoms with E-state index in [1.165, 1.54) is 0 Å². The summed E-state index contributed by atoms with van der Waals surface area (Å²) in [5, 5.41) is 3.94. The van der Waals surface area contributed by atoms with Gasteiger partial charge in [0.1, 0.15) is 5.65 Å². The lowest BCUT2D eigenvalue weighted by Gasteiger charge is -2.39. The second-order valence-corrected chi connectivity index (χ2v) is 9.22. The first kappa shape index (κ1) is 22.0. The molecule has 1 amide bonds. The van der Waals surface area contributed by atoms with Crippen LogP contribution in [0.4, 0.5) is 5.69 Å². The van der Waals surface area contributed by atoms with Crippen LogP contribution in [0.15, 0.2) is 61.2 Å². The molecule has 4 aromatic rings. The molecular formula is C26H28N6O2. The maximum absolute atomic E-state index is 12.6. The van der Waals surface area contributed by atoms with E-state index in [0.29, 0.717) is 6.61 Å². The third-order valence-corrected chi connectivity index (χ3v) is 6.12. The van der Waals surface area contributed by atoms with E-state index in [9.17, 15) is 4.79 Å². The summed E-state index contributed by atoms with van der Waals surface area (Å²) in [7, 11) is 0. The first-order valence-corrected chi connectivity index (χ1v) is 11.4. The summed E-state index contributed by atoms with van der Waals surface area (Å²) in [5.74, 6) is -0.165. The molecule has 0 aliphatic carbocycles. The van der Waals surface area contributed by atoms with Crippen LogP contribution in [0.5, 0.6) is 0 Å². The number of rotatable bonds is 5. The molecule has 3 aromatic heterocycles. The Bertz CT molecular complexity index is 1300. The van der Waals surface area contributed by atoms with Crippen molar-refractivity contribution in [2.24, 2.45) is 0 Å². The van der Waals surface area contributed by atoms with Gasteiger partial charge in [-0.15, -0.1) is 0 Å². The molecule has 1 atom stereocenters. The normalized spacial score (nSPS) is 16.4. The molecule has 5 rings (SSSR count). The van der Waals surface area contributed by atoms with Gasteiger partial charge in [-0.1, -0.05) is 30.3 Å². The predicted molar refractivity (Wildman–Crippen MR) is 132 cm³/mol. The lowest BCUT2D eigenvalue weighted by Crippen LogP contribution is -2.48. The molecule has 1 aliphatic heterocycles. The van der Waals surface area contributed by atoms with Gasteiger partial charge in [0.15, 0.2) is 0 Å². The van der Waals surface area contributed by atoms with Crippen LogP contribution in [0.2, 0.25) is 0 Å². The molecule has 1 fully saturated rings. The minimum Gasteiger partial charge on any atom is -0.372 e. The molecule has 8 nitrogen and oxygen atoms in total. The Morgan fingerprint density at radius 1 is 1.15 bits per heavy atom. The number of H-pyrrole nitrogens is 1. The van der Waals surface area contributed by atoms with Crippen LogP contribution in [0.1, 0.15) is 43.0 Å². The fraction of sp³-hybridized carbons (Fsp3) is 0.308. The number of amides is 1. The summed E-state index contributed by atoms with van der Waals surface area (Å²) in [6.07, 6.45) is 7.16. The Morgan fingerprint density at radius 2 is 1.91 bits per heavy atom. The summed E-state index contributed by atoms with van der Waals surface area (Å²) in [5.41, 5.74) is 4.44. The summed E-state index contributed by atoms with van der Waals surface area (Å²) >= 11 is 0. The van der Waals surface area contributed by atoms with Gasteiger partial charge in [0.25, 0.3) is 5.91 Å². The number of anilines is 1. The molecule has 1 saturated heterocycles. The topological polar surface area (TPSA) is 96.0 Å². The van der Waals surface area contributed by atoms with Crippen LogP contribution >= 0.6 is 0 Å². The quantitative estimate of drug-likeness (QED) is 0.469. The standard InChI is InChI=1S/C26H28N6O2/c1-17(18-7-5-4-6-8-18)31-25(33)24-27-12-19(13-28-24)22-15-30-23-21(22)11-20(14-29-23)32-9-10-34-26(2,3)16-32/h4-8,11-15,17H,9-10,16H2,1-3H3,(H,29,30)(H,31,33)/t17-/m1/s1. The number of hydrogen-bond donors (Lipinski definition) is 2. The van der Waals surface area contributed by atoms with Gasteiger partial charge in [-0.25, -0.2) is 15.0 Å². The highest BCUT2D eigenvalue weighted by molar-refractivity contribution is 5.95. The zero-order valence-corrected chi connectivity index (χ0v) is 19.6. The first-order chi connectivity index (χ1) is 16.4. The fourth-order valence-corrected chi connectivity index (χ4v) is 4.31. The number of hydrogen-bond acceptors (Lipinski definition) is 6. The summed E-state index contributed by atoms with van der Waals surface area (Å²) in [6.45, 7) is 8.45. The van der Waals surface area contributed by atoms with Gasteiger partial charge in [-0.3, -0.25) is 4.79 Å². The van der Waals surface area contributed by atoms with Crippen molar-refractivity contribution in [3.63, 3.8) is 0 Å². The fourth-order valence-electron chi connectivity index (χ4n) is 4.31. The van der Waals surface area contributed by atoms with Crippen molar-refractivity contribution in [2.75, 3.05) is 24.6 Å². The van der Waals surface area contributed by atoms with Crippen molar-refractivity contribution < 1.29 is 9.53 Å². The molecule has 174 valence electrons. The van der Waals surface area contributed by atoms with Gasteiger partial charge < -0.3 is 19.9 Å². The molecule has 0 bridgehead atoms. The molecule has 0 spiro atoms. The molecule has 0 radical (unpaired) electrons. The second kappa shape index (κ2) is 8.87. The minimum absolute atomic E-state index is 0.139. The molecule has 1 aromatic carbocycles. The van der Waals surface area contributed by atoms with E-state index in [4.69, 9.17) is 4.74 Å². The monoisotopic (exact) mass is 456 g/mol. The SMILES string of the molecule is C[C@@H](NC(=O)c1ncc(-c2c[nH]c3ncc(N4CCOC(C)(C)C4)cc23)cn1)c1ccccc1. The number of carbonyl (C=O) groups is 1. The van der Waals surface area contributed by atoms with Crippen LogP contribution in [-0.2, 0) is 4.74 Å². The van der Waals surface area contributed by atoms with Gasteiger partial charge in [0, 0.05) is 48.2 Å². The van der Waals surface area contributed by atoms with E-state index in [-0.39, 0.29) is 23.4 Å². The predicted octanol–water partition coefficient (Wildman–Crippen LogP) is 4.13.